The molecule has 0 aromatic heterocycles. The Hall–Kier alpha value is -3.04. The molecule has 9 heteroatoms. The van der Waals surface area contributed by atoms with Crippen LogP contribution in [0.25, 0.3) is 0 Å². The number of rotatable bonds is 16. The molecule has 2 aromatic rings. The number of carbonyl (C=O) groups is 3. The molecule has 195 valence electrons. The van der Waals surface area contributed by atoms with E-state index in [4.69, 9.17) is 10.5 Å². The molecule has 2 aromatic carbocycles. The van der Waals surface area contributed by atoms with Crippen LogP contribution in [0.2, 0.25) is 0 Å². The van der Waals surface area contributed by atoms with Crippen LogP contribution >= 0.6 is 11.8 Å². The van der Waals surface area contributed by atoms with E-state index in [0.29, 0.717) is 18.8 Å². The summed E-state index contributed by atoms with van der Waals surface area (Å²) in [5.74, 6) is -0.357. The van der Waals surface area contributed by atoms with Gasteiger partial charge in [0.05, 0.1) is 19.1 Å². The van der Waals surface area contributed by atoms with Crippen LogP contribution in [0.1, 0.15) is 30.9 Å². The Morgan fingerprint density at radius 2 is 1.75 bits per heavy atom. The highest BCUT2D eigenvalue weighted by Crippen LogP contribution is 2.16. The fraction of sp³-hybridized carbons (Fsp3) is 0.407. The first kappa shape index (κ1) is 29.2. The topological polar surface area (TPSA) is 131 Å². The standard InChI is InChI=1S/C27H36N3O5S/c1-19(26(28)33)8-13-25(32)30-24(27(34)29-22(17-31)14-15-36-2)16-20-9-11-23(12-10-20)35-18-21-6-4-3-5-7-21/h3-7,9-13,19,22,24,31H,8,14-18H2,1-2H3,(H2,28,33)(H,29,34)(H,30,32)/t19-,22+,24+/m1/s1. The maximum absolute atomic E-state index is 13.0. The van der Waals surface area contributed by atoms with Crippen LogP contribution in [0.15, 0.2) is 54.6 Å². The second kappa shape index (κ2) is 15.9. The molecule has 0 spiro atoms. The Kier molecular flexibility index (Phi) is 12.9. The monoisotopic (exact) mass is 514 g/mol. The zero-order chi connectivity index (χ0) is 26.3. The quantitative estimate of drug-likeness (QED) is 0.272. The second-order valence-corrected chi connectivity index (χ2v) is 9.58. The van der Waals surface area contributed by atoms with Gasteiger partial charge < -0.3 is 26.2 Å². The van der Waals surface area contributed by atoms with E-state index in [1.807, 2.05) is 60.9 Å². The number of aliphatic hydroxyl groups excluding tert-OH is 1. The molecule has 0 fully saturated rings. The molecule has 5 N–H and O–H groups in total. The van der Waals surface area contributed by atoms with Gasteiger partial charge in [-0.05, 0) is 48.1 Å². The van der Waals surface area contributed by atoms with Crippen LogP contribution < -0.4 is 21.1 Å². The zero-order valence-electron chi connectivity index (χ0n) is 20.8. The van der Waals surface area contributed by atoms with E-state index < -0.39 is 29.8 Å². The van der Waals surface area contributed by atoms with Gasteiger partial charge in [0, 0.05) is 12.3 Å². The minimum absolute atomic E-state index is 0.177. The lowest BCUT2D eigenvalue weighted by Crippen LogP contribution is -2.51. The van der Waals surface area contributed by atoms with Crippen molar-refractivity contribution >= 4 is 29.5 Å². The molecule has 1 radical (unpaired) electrons. The van der Waals surface area contributed by atoms with Gasteiger partial charge in [0.15, 0.2) is 0 Å². The Labute approximate surface area is 217 Å². The Morgan fingerprint density at radius 3 is 2.36 bits per heavy atom. The summed E-state index contributed by atoms with van der Waals surface area (Å²) in [6, 6.07) is 15.9. The molecule has 36 heavy (non-hydrogen) atoms. The molecule has 0 unspecified atom stereocenters. The van der Waals surface area contributed by atoms with E-state index in [0.717, 1.165) is 16.9 Å². The van der Waals surface area contributed by atoms with Gasteiger partial charge in [-0.15, -0.1) is 0 Å². The van der Waals surface area contributed by atoms with Gasteiger partial charge in [-0.25, -0.2) is 0 Å². The minimum atomic E-state index is -0.864. The van der Waals surface area contributed by atoms with E-state index in [1.165, 1.54) is 6.42 Å². The third-order valence-corrected chi connectivity index (χ3v) is 6.27. The number of hydrogen-bond acceptors (Lipinski definition) is 6. The molecule has 3 amide bonds. The zero-order valence-corrected chi connectivity index (χ0v) is 21.6. The van der Waals surface area contributed by atoms with Crippen LogP contribution in [-0.2, 0) is 27.4 Å². The number of benzene rings is 2. The highest BCUT2D eigenvalue weighted by atomic mass is 32.2. The molecular formula is C27H36N3O5S. The largest absolute Gasteiger partial charge is 0.489 e. The van der Waals surface area contributed by atoms with E-state index in [2.05, 4.69) is 10.6 Å². The number of hydrogen-bond donors (Lipinski definition) is 4. The van der Waals surface area contributed by atoms with Crippen LogP contribution in [0.5, 0.6) is 5.75 Å². The first-order valence-corrected chi connectivity index (χ1v) is 13.3. The first-order valence-electron chi connectivity index (χ1n) is 11.9. The van der Waals surface area contributed by atoms with E-state index in [9.17, 15) is 19.5 Å². The van der Waals surface area contributed by atoms with Gasteiger partial charge in [0.2, 0.25) is 17.7 Å². The summed E-state index contributed by atoms with van der Waals surface area (Å²) in [6.45, 7) is 1.89. The van der Waals surface area contributed by atoms with Crippen molar-refractivity contribution in [3.05, 3.63) is 72.1 Å². The summed E-state index contributed by atoms with van der Waals surface area (Å²) in [5.41, 5.74) is 7.15. The lowest BCUT2D eigenvalue weighted by Gasteiger charge is -2.23. The summed E-state index contributed by atoms with van der Waals surface area (Å²) in [6.07, 6.45) is 4.31. The van der Waals surface area contributed by atoms with Gasteiger partial charge >= 0.3 is 0 Å². The normalized spacial score (nSPS) is 13.3. The summed E-state index contributed by atoms with van der Waals surface area (Å²) < 4.78 is 5.82. The molecule has 0 bridgehead atoms. The molecule has 0 saturated heterocycles. The van der Waals surface area contributed by atoms with Gasteiger partial charge in [-0.1, -0.05) is 49.4 Å². The number of aliphatic hydroxyl groups is 1. The van der Waals surface area contributed by atoms with Gasteiger partial charge in [0.1, 0.15) is 18.4 Å². The predicted octanol–water partition coefficient (Wildman–Crippen LogP) is 2.24. The average Bonchev–Trinajstić information content (AvgIpc) is 2.89. The summed E-state index contributed by atoms with van der Waals surface area (Å²) >= 11 is 1.62. The number of nitrogens with two attached hydrogens (primary N) is 1. The van der Waals surface area contributed by atoms with Crippen molar-refractivity contribution in [3.63, 3.8) is 0 Å². The third kappa shape index (κ3) is 10.7. The molecule has 0 saturated carbocycles. The van der Waals surface area contributed by atoms with Gasteiger partial charge in [-0.2, -0.15) is 11.8 Å². The van der Waals surface area contributed by atoms with E-state index in [1.54, 1.807) is 18.7 Å². The molecular weight excluding hydrogens is 478 g/mol. The molecule has 8 nitrogen and oxygen atoms in total. The Bertz CT molecular complexity index is 956. The van der Waals surface area contributed by atoms with Crippen molar-refractivity contribution in [2.45, 2.75) is 44.9 Å². The number of primary amides is 1. The highest BCUT2D eigenvalue weighted by Gasteiger charge is 2.24. The van der Waals surface area contributed by atoms with Crippen molar-refractivity contribution in [1.82, 2.24) is 10.6 Å². The minimum Gasteiger partial charge on any atom is -0.489 e. The molecule has 3 atom stereocenters. The molecule has 0 aliphatic rings. The average molecular weight is 515 g/mol. The van der Waals surface area contributed by atoms with E-state index in [-0.39, 0.29) is 25.4 Å². The lowest BCUT2D eigenvalue weighted by atomic mass is 10.0. The number of ether oxygens (including phenoxy) is 1. The SMILES string of the molecule is CSCC[C@@H](CO)NC(=O)[C@H](Cc1ccc(OCc2ccccc2)cc1)NC(=O)[CH]C[C@@H](C)C(N)=O. The predicted molar refractivity (Wildman–Crippen MR) is 142 cm³/mol. The number of nitrogens with one attached hydrogen (secondary N) is 2. The van der Waals surface area contributed by atoms with Crippen molar-refractivity contribution in [3.8, 4) is 5.75 Å². The van der Waals surface area contributed by atoms with Gasteiger partial charge in [0.25, 0.3) is 0 Å². The fourth-order valence-electron chi connectivity index (χ4n) is 3.31. The summed E-state index contributed by atoms with van der Waals surface area (Å²) in [4.78, 5) is 36.8. The Morgan fingerprint density at radius 1 is 1.06 bits per heavy atom. The highest BCUT2D eigenvalue weighted by molar-refractivity contribution is 7.98. The summed E-state index contributed by atoms with van der Waals surface area (Å²) in [7, 11) is 0. The number of carbonyl (C=O) groups excluding carboxylic acids is 3. The molecule has 0 aliphatic heterocycles. The molecule has 0 heterocycles. The van der Waals surface area contributed by atoms with E-state index >= 15 is 0 Å². The fourth-order valence-corrected chi connectivity index (χ4v) is 3.83. The summed E-state index contributed by atoms with van der Waals surface area (Å²) in [5, 5.41) is 15.2. The van der Waals surface area contributed by atoms with Crippen LogP contribution in [0.3, 0.4) is 0 Å². The number of amides is 3. The first-order chi connectivity index (χ1) is 17.3. The smallest absolute Gasteiger partial charge is 0.243 e. The van der Waals surface area contributed by atoms with Gasteiger partial charge in [-0.3, -0.25) is 14.4 Å². The van der Waals surface area contributed by atoms with Crippen molar-refractivity contribution in [1.29, 1.82) is 0 Å². The second-order valence-electron chi connectivity index (χ2n) is 8.60. The Balaban J connectivity index is 2.03. The van der Waals surface area contributed by atoms with Crippen LogP contribution in [-0.4, -0.2) is 53.5 Å². The van der Waals surface area contributed by atoms with Crippen molar-refractivity contribution in [2.24, 2.45) is 11.7 Å². The molecule has 0 aliphatic carbocycles. The van der Waals surface area contributed by atoms with Crippen molar-refractivity contribution in [2.75, 3.05) is 18.6 Å². The van der Waals surface area contributed by atoms with Crippen molar-refractivity contribution < 1.29 is 24.2 Å². The number of thioether (sulfide) groups is 1. The maximum atomic E-state index is 13.0. The van der Waals surface area contributed by atoms with Crippen LogP contribution in [0.4, 0.5) is 0 Å². The molecule has 2 rings (SSSR count). The maximum Gasteiger partial charge on any atom is 0.243 e. The lowest BCUT2D eigenvalue weighted by molar-refractivity contribution is -0.128. The third-order valence-electron chi connectivity index (χ3n) is 5.62. The van der Waals surface area contributed by atoms with Crippen LogP contribution in [0, 0.1) is 12.3 Å².